The maximum atomic E-state index is 12.2. The quantitative estimate of drug-likeness (QED) is 0.409. The van der Waals surface area contributed by atoms with Crippen LogP contribution >= 0.6 is 23.4 Å². The van der Waals surface area contributed by atoms with Gasteiger partial charge in [-0.3, -0.25) is 4.79 Å². The highest BCUT2D eigenvalue weighted by atomic mass is 35.5. The van der Waals surface area contributed by atoms with Gasteiger partial charge in [0.25, 0.3) is 0 Å². The summed E-state index contributed by atoms with van der Waals surface area (Å²) in [6.07, 6.45) is 0.585. The molecular formula is C22H17ClN2O2S. The molecule has 28 heavy (non-hydrogen) atoms. The van der Waals surface area contributed by atoms with E-state index in [-0.39, 0.29) is 5.91 Å². The molecule has 0 aliphatic carbocycles. The molecule has 0 bridgehead atoms. The van der Waals surface area contributed by atoms with E-state index >= 15 is 0 Å². The van der Waals surface area contributed by atoms with Crippen molar-refractivity contribution >= 4 is 46.1 Å². The molecule has 4 nitrogen and oxygen atoms in total. The lowest BCUT2D eigenvalue weighted by molar-refractivity contribution is -0.113. The molecule has 1 heterocycles. The van der Waals surface area contributed by atoms with Gasteiger partial charge in [0.1, 0.15) is 5.52 Å². The first-order valence-corrected chi connectivity index (χ1v) is 10.1. The lowest BCUT2D eigenvalue weighted by Gasteiger charge is -2.04. The van der Waals surface area contributed by atoms with Crippen molar-refractivity contribution in [3.8, 4) is 0 Å². The van der Waals surface area contributed by atoms with E-state index in [1.54, 1.807) is 0 Å². The summed E-state index contributed by atoms with van der Waals surface area (Å²) in [4.78, 5) is 17.8. The number of hydrogen-bond acceptors (Lipinski definition) is 4. The molecule has 4 rings (SSSR count). The number of halogens is 1. The number of rotatable bonds is 6. The number of aromatic nitrogens is 1. The number of fused-ring (bicyclic) bond motifs is 1. The highest BCUT2D eigenvalue weighted by molar-refractivity contribution is 8.00. The van der Waals surface area contributed by atoms with Gasteiger partial charge in [-0.1, -0.05) is 41.9 Å². The van der Waals surface area contributed by atoms with Crippen molar-refractivity contribution < 1.29 is 9.21 Å². The molecule has 1 aromatic heterocycles. The van der Waals surface area contributed by atoms with Crippen LogP contribution in [0.2, 0.25) is 5.02 Å². The molecule has 140 valence electrons. The van der Waals surface area contributed by atoms with Crippen LogP contribution in [0.1, 0.15) is 11.5 Å². The Balaban J connectivity index is 1.41. The SMILES string of the molecule is O=C(CSc1ccccc1)Nc1ccc2oc(Cc3ccc(Cl)cc3)nc2c1. The van der Waals surface area contributed by atoms with Gasteiger partial charge in [0.15, 0.2) is 11.5 Å². The molecule has 0 saturated heterocycles. The summed E-state index contributed by atoms with van der Waals surface area (Å²) in [5.41, 5.74) is 3.19. The van der Waals surface area contributed by atoms with Crippen LogP contribution in [0.4, 0.5) is 5.69 Å². The maximum absolute atomic E-state index is 12.2. The lowest BCUT2D eigenvalue weighted by atomic mass is 10.1. The van der Waals surface area contributed by atoms with Crippen molar-refractivity contribution in [3.05, 3.63) is 89.3 Å². The number of oxazole rings is 1. The summed E-state index contributed by atoms with van der Waals surface area (Å²) in [5.74, 6) is 0.918. The molecule has 1 amide bonds. The number of nitrogens with zero attached hydrogens (tertiary/aromatic N) is 1. The Morgan fingerprint density at radius 1 is 1.04 bits per heavy atom. The molecule has 0 unspecified atom stereocenters. The Bertz CT molecular complexity index is 1090. The molecule has 0 radical (unpaired) electrons. The zero-order chi connectivity index (χ0) is 19.3. The van der Waals surface area contributed by atoms with Gasteiger partial charge in [-0.2, -0.15) is 0 Å². The first kappa shape index (κ1) is 18.6. The minimum absolute atomic E-state index is 0.0573. The van der Waals surface area contributed by atoms with Crippen molar-refractivity contribution in [2.45, 2.75) is 11.3 Å². The maximum Gasteiger partial charge on any atom is 0.234 e. The number of thioether (sulfide) groups is 1. The van der Waals surface area contributed by atoms with E-state index in [4.69, 9.17) is 16.0 Å². The van der Waals surface area contributed by atoms with Crippen LogP contribution in [0.25, 0.3) is 11.1 Å². The molecule has 1 N–H and O–H groups in total. The fourth-order valence-corrected chi connectivity index (χ4v) is 3.61. The first-order valence-electron chi connectivity index (χ1n) is 8.77. The predicted molar refractivity (Wildman–Crippen MR) is 114 cm³/mol. The molecule has 6 heteroatoms. The minimum Gasteiger partial charge on any atom is -0.440 e. The fraction of sp³-hybridized carbons (Fsp3) is 0.0909. The average molecular weight is 409 g/mol. The third kappa shape index (κ3) is 4.74. The number of amides is 1. The predicted octanol–water partition coefficient (Wildman–Crippen LogP) is 5.80. The van der Waals surface area contributed by atoms with Crippen LogP contribution in [0.15, 0.2) is 82.1 Å². The molecular weight excluding hydrogens is 392 g/mol. The standard InChI is InChI=1S/C22H17ClN2O2S/c23-16-8-6-15(7-9-16)12-22-25-19-13-17(10-11-20(19)27-22)24-21(26)14-28-18-4-2-1-3-5-18/h1-11,13H,12,14H2,(H,24,26). The van der Waals surface area contributed by atoms with Gasteiger partial charge < -0.3 is 9.73 Å². The van der Waals surface area contributed by atoms with E-state index in [0.29, 0.717) is 34.4 Å². The summed E-state index contributed by atoms with van der Waals surface area (Å²) in [7, 11) is 0. The van der Waals surface area contributed by atoms with Crippen LogP contribution in [-0.2, 0) is 11.2 Å². The largest absolute Gasteiger partial charge is 0.440 e. The number of anilines is 1. The second-order valence-corrected chi connectivity index (χ2v) is 7.73. The van der Waals surface area contributed by atoms with Gasteiger partial charge in [0.2, 0.25) is 5.91 Å². The van der Waals surface area contributed by atoms with Crippen molar-refractivity contribution in [1.29, 1.82) is 0 Å². The summed E-state index contributed by atoms with van der Waals surface area (Å²) in [6, 6.07) is 22.9. The van der Waals surface area contributed by atoms with E-state index in [9.17, 15) is 4.79 Å². The minimum atomic E-state index is -0.0573. The summed E-state index contributed by atoms with van der Waals surface area (Å²) < 4.78 is 5.81. The van der Waals surface area contributed by atoms with Gasteiger partial charge in [-0.25, -0.2) is 4.98 Å². The molecule has 0 atom stereocenters. The number of nitrogens with one attached hydrogen (secondary N) is 1. The van der Waals surface area contributed by atoms with Crippen molar-refractivity contribution in [2.75, 3.05) is 11.1 Å². The smallest absolute Gasteiger partial charge is 0.234 e. The van der Waals surface area contributed by atoms with Crippen LogP contribution in [0.3, 0.4) is 0 Å². The van der Waals surface area contributed by atoms with Crippen molar-refractivity contribution in [3.63, 3.8) is 0 Å². The van der Waals surface area contributed by atoms with Crippen molar-refractivity contribution in [2.24, 2.45) is 0 Å². The van der Waals surface area contributed by atoms with Gasteiger partial charge in [0, 0.05) is 22.0 Å². The highest BCUT2D eigenvalue weighted by Crippen LogP contribution is 2.23. The van der Waals surface area contributed by atoms with Crippen LogP contribution < -0.4 is 5.32 Å². The number of carbonyl (C=O) groups excluding carboxylic acids is 1. The zero-order valence-corrected chi connectivity index (χ0v) is 16.5. The molecule has 0 fully saturated rings. The molecule has 0 aliphatic rings. The monoisotopic (exact) mass is 408 g/mol. The number of carbonyl (C=O) groups is 1. The fourth-order valence-electron chi connectivity index (χ4n) is 2.77. The van der Waals surface area contributed by atoms with Crippen LogP contribution in [0.5, 0.6) is 0 Å². The topological polar surface area (TPSA) is 55.1 Å². The average Bonchev–Trinajstić information content (AvgIpc) is 3.10. The van der Waals surface area contributed by atoms with Crippen LogP contribution in [-0.4, -0.2) is 16.6 Å². The first-order chi connectivity index (χ1) is 13.7. The van der Waals surface area contributed by atoms with Crippen LogP contribution in [0, 0.1) is 0 Å². The molecule has 0 aliphatic heterocycles. The Labute approximate surface area is 171 Å². The van der Waals surface area contributed by atoms with Crippen molar-refractivity contribution in [1.82, 2.24) is 4.98 Å². The number of benzene rings is 3. The Hall–Kier alpha value is -2.76. The molecule has 3 aromatic carbocycles. The van der Waals surface area contributed by atoms with E-state index in [1.165, 1.54) is 11.8 Å². The van der Waals surface area contributed by atoms with Gasteiger partial charge in [0.05, 0.1) is 5.75 Å². The lowest BCUT2D eigenvalue weighted by Crippen LogP contribution is -2.13. The normalized spacial score (nSPS) is 10.9. The van der Waals surface area contributed by atoms with E-state index in [0.717, 1.165) is 16.0 Å². The summed E-state index contributed by atoms with van der Waals surface area (Å²) in [6.45, 7) is 0. The molecule has 0 saturated carbocycles. The Morgan fingerprint density at radius 3 is 2.61 bits per heavy atom. The number of hydrogen-bond donors (Lipinski definition) is 1. The summed E-state index contributed by atoms with van der Waals surface area (Å²) in [5, 5.41) is 3.61. The van der Waals surface area contributed by atoms with Gasteiger partial charge in [-0.15, -0.1) is 11.8 Å². The second-order valence-electron chi connectivity index (χ2n) is 6.24. The highest BCUT2D eigenvalue weighted by Gasteiger charge is 2.09. The van der Waals surface area contributed by atoms with E-state index in [2.05, 4.69) is 10.3 Å². The zero-order valence-electron chi connectivity index (χ0n) is 14.9. The van der Waals surface area contributed by atoms with E-state index in [1.807, 2.05) is 72.8 Å². The molecule has 0 spiro atoms. The molecule has 4 aromatic rings. The third-order valence-electron chi connectivity index (χ3n) is 4.10. The Morgan fingerprint density at radius 2 is 1.82 bits per heavy atom. The Kier molecular flexibility index (Phi) is 5.65. The second kappa shape index (κ2) is 8.50. The summed E-state index contributed by atoms with van der Waals surface area (Å²) >= 11 is 7.42. The van der Waals surface area contributed by atoms with Gasteiger partial charge in [-0.05, 0) is 48.0 Å². The third-order valence-corrected chi connectivity index (χ3v) is 5.36. The van der Waals surface area contributed by atoms with Gasteiger partial charge >= 0.3 is 0 Å². The van der Waals surface area contributed by atoms with E-state index < -0.39 is 0 Å².